The number of carbonyl (C=O) groups is 2. The van der Waals surface area contributed by atoms with Crippen LogP contribution in [0.3, 0.4) is 0 Å². The Balaban J connectivity index is 1.29. The molecule has 5 heterocycles. The fourth-order valence-corrected chi connectivity index (χ4v) is 9.37. The Morgan fingerprint density at radius 3 is 2.38 bits per heavy atom. The second-order valence-electron chi connectivity index (χ2n) is 16.2. The van der Waals surface area contributed by atoms with Crippen molar-refractivity contribution in [1.82, 2.24) is 23.9 Å². The quantitative estimate of drug-likeness (QED) is 0.130. The van der Waals surface area contributed by atoms with Crippen LogP contribution in [-0.4, -0.2) is 54.0 Å². The van der Waals surface area contributed by atoms with Gasteiger partial charge < -0.3 is 23.9 Å². The maximum absolute atomic E-state index is 15.5. The number of halogens is 2. The molecule has 308 valence electrons. The number of aryl methyl sites for hydroxylation is 6. The third-order valence-electron chi connectivity index (χ3n) is 11.8. The van der Waals surface area contributed by atoms with Crippen LogP contribution in [0.2, 0.25) is 10.0 Å². The van der Waals surface area contributed by atoms with Crippen LogP contribution in [0.5, 0.6) is 5.75 Å². The number of carbonyl (C=O) groups excluding carboxylic acids is 1. The number of ether oxygens (including phenoxy) is 1. The number of aromatic carboxylic acids is 1. The molecule has 1 N–H and O–H groups in total. The second kappa shape index (κ2) is 15.6. The SMILES string of the molecule is C=C(C)c1ccnc(Cn2c(C(=O)O)cc3cc(C)cc(N4C[C@@H](C)n5c(c(CCCOc6cc(C)c(Cl)c(C)c6)c6ccc(Cl)c(-c7c(C)nn(C)c7C)c65)C4=O)c32)c1. The molecule has 0 aliphatic carbocycles. The highest BCUT2D eigenvalue weighted by Gasteiger charge is 2.38. The summed E-state index contributed by atoms with van der Waals surface area (Å²) in [6.07, 6.45) is 2.90. The Labute approximate surface area is 359 Å². The van der Waals surface area contributed by atoms with E-state index in [4.69, 9.17) is 33.0 Å². The van der Waals surface area contributed by atoms with E-state index in [2.05, 4.69) is 23.1 Å². The summed E-state index contributed by atoms with van der Waals surface area (Å²) in [5, 5.41) is 18.3. The first-order valence-electron chi connectivity index (χ1n) is 20.1. The number of amides is 1. The molecule has 3 aromatic carbocycles. The first-order valence-corrected chi connectivity index (χ1v) is 20.9. The minimum absolute atomic E-state index is 0.110. The van der Waals surface area contributed by atoms with Gasteiger partial charge in [-0.1, -0.05) is 41.4 Å². The highest BCUT2D eigenvalue weighted by atomic mass is 35.5. The van der Waals surface area contributed by atoms with Gasteiger partial charge in [0, 0.05) is 58.4 Å². The maximum atomic E-state index is 15.5. The van der Waals surface area contributed by atoms with Crippen molar-refractivity contribution < 1.29 is 19.4 Å². The number of rotatable bonds is 11. The van der Waals surface area contributed by atoms with Gasteiger partial charge in [0.2, 0.25) is 0 Å². The van der Waals surface area contributed by atoms with E-state index >= 15 is 4.79 Å². The van der Waals surface area contributed by atoms with E-state index in [0.717, 1.165) is 83.0 Å². The van der Waals surface area contributed by atoms with Gasteiger partial charge in [-0.15, -0.1) is 0 Å². The third kappa shape index (κ3) is 6.95. The molecule has 0 saturated heterocycles. The largest absolute Gasteiger partial charge is 0.494 e. The lowest BCUT2D eigenvalue weighted by atomic mass is 9.98. The smallest absolute Gasteiger partial charge is 0.352 e. The molecule has 0 spiro atoms. The summed E-state index contributed by atoms with van der Waals surface area (Å²) in [4.78, 5) is 34.8. The normalized spacial score (nSPS) is 14.1. The average molecular weight is 844 g/mol. The summed E-state index contributed by atoms with van der Waals surface area (Å²) in [5.74, 6) is -0.493. The van der Waals surface area contributed by atoms with E-state index in [0.29, 0.717) is 53.6 Å². The van der Waals surface area contributed by atoms with Crippen LogP contribution in [0.1, 0.15) is 92.2 Å². The first-order chi connectivity index (χ1) is 28.5. The number of benzene rings is 3. The van der Waals surface area contributed by atoms with Crippen molar-refractivity contribution in [3.63, 3.8) is 0 Å². The number of hydrogen-bond donors (Lipinski definition) is 1. The molecule has 1 aliphatic rings. The summed E-state index contributed by atoms with van der Waals surface area (Å²) >= 11 is 13.6. The summed E-state index contributed by atoms with van der Waals surface area (Å²) in [6.45, 7) is 19.0. The van der Waals surface area contributed by atoms with Crippen molar-refractivity contribution in [3.05, 3.63) is 134 Å². The Morgan fingerprint density at radius 1 is 0.983 bits per heavy atom. The number of fused-ring (bicyclic) bond motifs is 4. The van der Waals surface area contributed by atoms with Crippen molar-refractivity contribution in [1.29, 1.82) is 0 Å². The molecule has 0 unspecified atom stereocenters. The van der Waals surface area contributed by atoms with E-state index in [-0.39, 0.29) is 24.2 Å². The lowest BCUT2D eigenvalue weighted by Crippen LogP contribution is -2.43. The van der Waals surface area contributed by atoms with Crippen LogP contribution in [0.25, 0.3) is 38.5 Å². The molecule has 0 radical (unpaired) electrons. The Kier molecular flexibility index (Phi) is 10.7. The van der Waals surface area contributed by atoms with Crippen molar-refractivity contribution >= 4 is 68.1 Å². The number of hydrogen-bond acceptors (Lipinski definition) is 5. The molecule has 7 aromatic rings. The lowest BCUT2D eigenvalue weighted by Gasteiger charge is -2.35. The molecule has 4 aromatic heterocycles. The molecular weight excluding hydrogens is 795 g/mol. The summed E-state index contributed by atoms with van der Waals surface area (Å²) < 4.78 is 12.1. The van der Waals surface area contributed by atoms with Crippen molar-refractivity contribution in [2.45, 2.75) is 73.9 Å². The monoisotopic (exact) mass is 842 g/mol. The van der Waals surface area contributed by atoms with Crippen molar-refractivity contribution in [2.24, 2.45) is 7.05 Å². The summed E-state index contributed by atoms with van der Waals surface area (Å²) in [7, 11) is 1.92. The van der Waals surface area contributed by atoms with Crippen LogP contribution in [0, 0.1) is 34.6 Å². The van der Waals surface area contributed by atoms with Gasteiger partial charge in [-0.3, -0.25) is 14.5 Å². The van der Waals surface area contributed by atoms with Crippen molar-refractivity contribution in [3.8, 4) is 16.9 Å². The van der Waals surface area contributed by atoms with Crippen LogP contribution in [-0.2, 0) is 20.0 Å². The summed E-state index contributed by atoms with van der Waals surface area (Å²) in [5.41, 5.74) is 12.7. The highest BCUT2D eigenvalue weighted by Crippen LogP contribution is 2.46. The molecule has 0 saturated carbocycles. The van der Waals surface area contributed by atoms with Crippen molar-refractivity contribution in [2.75, 3.05) is 18.1 Å². The molecule has 8 rings (SSSR count). The second-order valence-corrected chi connectivity index (χ2v) is 17.0. The number of carboxylic acids is 1. The van der Waals surface area contributed by atoms with Gasteiger partial charge in [-0.05, 0) is 138 Å². The van der Waals surface area contributed by atoms with Crippen LogP contribution in [0.4, 0.5) is 5.69 Å². The zero-order chi connectivity index (χ0) is 42.9. The number of aromatic nitrogens is 5. The number of anilines is 1. The lowest BCUT2D eigenvalue weighted by molar-refractivity contribution is 0.0686. The van der Waals surface area contributed by atoms with Gasteiger partial charge in [0.1, 0.15) is 17.1 Å². The van der Waals surface area contributed by atoms with E-state index in [1.807, 2.05) is 107 Å². The molecular formula is C48H48Cl2N6O4. The predicted octanol–water partition coefficient (Wildman–Crippen LogP) is 11.3. The number of carboxylic acid groups (broad SMARTS) is 1. The third-order valence-corrected chi connectivity index (χ3v) is 12.7. The Hall–Kier alpha value is -5.84. The molecule has 0 bridgehead atoms. The minimum atomic E-state index is -1.07. The molecule has 12 heteroatoms. The molecule has 1 aliphatic heterocycles. The van der Waals surface area contributed by atoms with Crippen LogP contribution in [0.15, 0.2) is 67.4 Å². The number of pyridine rings is 1. The zero-order valence-corrected chi connectivity index (χ0v) is 36.7. The Bertz CT molecular complexity index is 2910. The molecule has 60 heavy (non-hydrogen) atoms. The predicted molar refractivity (Wildman–Crippen MR) is 241 cm³/mol. The van der Waals surface area contributed by atoms with Gasteiger partial charge >= 0.3 is 5.97 Å². The minimum Gasteiger partial charge on any atom is -0.494 e. The van der Waals surface area contributed by atoms with Gasteiger partial charge in [-0.2, -0.15) is 5.10 Å². The van der Waals surface area contributed by atoms with E-state index in [9.17, 15) is 9.90 Å². The van der Waals surface area contributed by atoms with Crippen LogP contribution >= 0.6 is 23.2 Å². The van der Waals surface area contributed by atoms with Gasteiger partial charge in [0.15, 0.2) is 0 Å². The van der Waals surface area contributed by atoms with E-state index < -0.39 is 5.97 Å². The number of allylic oxidation sites excluding steroid dienone is 1. The van der Waals surface area contributed by atoms with Gasteiger partial charge in [0.05, 0.1) is 46.3 Å². The van der Waals surface area contributed by atoms with E-state index in [1.165, 1.54) is 0 Å². The fourth-order valence-electron chi connectivity index (χ4n) is 9.01. The molecule has 10 nitrogen and oxygen atoms in total. The summed E-state index contributed by atoms with van der Waals surface area (Å²) in [6, 6.07) is 17.1. The standard InChI is InChI=1S/C48H48Cl2N6O4/c1-25(2)32-14-15-51-34(21-32)24-54-40(48(58)59)22-33-17-26(3)18-39(44(33)54)55-23-29(6)56-45-37(12-13-38(49)42(45)41-30(7)52-53(9)31(41)8)36(46(56)47(55)57)11-10-16-60-35-19-27(4)43(50)28(5)20-35/h12-15,17-22,29H,1,10-11,16,23-24H2,2-9H3,(H,58,59)/t29-/m1/s1. The molecule has 0 fully saturated rings. The number of nitrogens with zero attached hydrogens (tertiary/aromatic N) is 6. The Morgan fingerprint density at radius 2 is 1.72 bits per heavy atom. The molecule has 1 atom stereocenters. The van der Waals surface area contributed by atoms with Crippen LogP contribution < -0.4 is 9.64 Å². The fraction of sp³-hybridized carbons (Fsp3) is 0.292. The van der Waals surface area contributed by atoms with Gasteiger partial charge in [0.25, 0.3) is 5.91 Å². The van der Waals surface area contributed by atoms with Gasteiger partial charge in [-0.25, -0.2) is 4.79 Å². The average Bonchev–Trinajstić information content (AvgIpc) is 3.81. The molecule has 1 amide bonds. The first kappa shape index (κ1) is 40.9. The van der Waals surface area contributed by atoms with E-state index in [1.54, 1.807) is 16.8 Å². The zero-order valence-electron chi connectivity index (χ0n) is 35.2. The maximum Gasteiger partial charge on any atom is 0.352 e. The highest BCUT2D eigenvalue weighted by molar-refractivity contribution is 6.35. The topological polar surface area (TPSA) is 107 Å².